The minimum Gasteiger partial charge on any atom is -0.508 e. The predicted octanol–water partition coefficient (Wildman–Crippen LogP) is 3.67. The van der Waals surface area contributed by atoms with E-state index in [1.165, 1.54) is 5.57 Å². The lowest BCUT2D eigenvalue weighted by Crippen LogP contribution is -2.36. The second kappa shape index (κ2) is 7.60. The zero-order valence-corrected chi connectivity index (χ0v) is 14.9. The molecule has 27 heavy (non-hydrogen) atoms. The number of amides is 1. The number of nitrogens with zero attached hydrogens (tertiary/aromatic N) is 2. The first kappa shape index (κ1) is 17.2. The van der Waals surface area contributed by atoms with Crippen LogP contribution in [0.3, 0.4) is 0 Å². The number of rotatable bonds is 4. The fraction of sp³-hybridized carbons (Fsp3) is 0.182. The molecule has 0 bridgehead atoms. The summed E-state index contributed by atoms with van der Waals surface area (Å²) in [5.74, 6) is 0.255. The van der Waals surface area contributed by atoms with Gasteiger partial charge in [0.2, 0.25) is 5.91 Å². The van der Waals surface area contributed by atoms with Crippen LogP contribution in [0.4, 0.5) is 5.69 Å². The van der Waals surface area contributed by atoms with Crippen molar-refractivity contribution in [1.82, 2.24) is 9.88 Å². The summed E-state index contributed by atoms with van der Waals surface area (Å²) in [6.07, 6.45) is 4.79. The Morgan fingerprint density at radius 3 is 2.74 bits per heavy atom. The maximum absolute atomic E-state index is 12.5. The van der Waals surface area contributed by atoms with E-state index in [-0.39, 0.29) is 11.7 Å². The Hall–Kier alpha value is -3.18. The fourth-order valence-corrected chi connectivity index (χ4v) is 3.40. The molecule has 0 aliphatic carbocycles. The Labute approximate surface area is 158 Å². The van der Waals surface area contributed by atoms with Crippen molar-refractivity contribution >= 4 is 28.1 Å². The van der Waals surface area contributed by atoms with E-state index in [4.69, 9.17) is 0 Å². The lowest BCUT2D eigenvalue weighted by molar-refractivity contribution is -0.117. The summed E-state index contributed by atoms with van der Waals surface area (Å²) in [7, 11) is 0. The quantitative estimate of drug-likeness (QED) is 0.746. The molecule has 5 nitrogen and oxygen atoms in total. The number of fused-ring (bicyclic) bond motifs is 1. The van der Waals surface area contributed by atoms with Gasteiger partial charge < -0.3 is 10.4 Å². The minimum atomic E-state index is -0.0205. The predicted molar refractivity (Wildman–Crippen MR) is 108 cm³/mol. The molecular weight excluding hydrogens is 338 g/mol. The van der Waals surface area contributed by atoms with E-state index in [1.54, 1.807) is 18.3 Å². The van der Waals surface area contributed by atoms with Crippen molar-refractivity contribution in [3.63, 3.8) is 0 Å². The molecule has 1 aliphatic rings. The topological polar surface area (TPSA) is 65.5 Å². The molecule has 1 aromatic heterocycles. The lowest BCUT2D eigenvalue weighted by atomic mass is 9.99. The van der Waals surface area contributed by atoms with Crippen LogP contribution in [0.15, 0.2) is 66.9 Å². The van der Waals surface area contributed by atoms with Gasteiger partial charge in [-0.25, -0.2) is 0 Å². The van der Waals surface area contributed by atoms with E-state index >= 15 is 0 Å². The average Bonchev–Trinajstić information content (AvgIpc) is 2.69. The lowest BCUT2D eigenvalue weighted by Gasteiger charge is -2.26. The zero-order chi connectivity index (χ0) is 18.6. The van der Waals surface area contributed by atoms with Crippen LogP contribution in [-0.2, 0) is 4.79 Å². The number of aromatic hydroxyl groups is 1. The molecule has 1 aliphatic heterocycles. The summed E-state index contributed by atoms with van der Waals surface area (Å²) < 4.78 is 0. The first-order valence-corrected chi connectivity index (χ1v) is 9.03. The van der Waals surface area contributed by atoms with Crippen molar-refractivity contribution in [2.75, 3.05) is 25.0 Å². The second-order valence-corrected chi connectivity index (χ2v) is 6.69. The number of hydrogen-bond donors (Lipinski definition) is 2. The van der Waals surface area contributed by atoms with E-state index in [0.29, 0.717) is 6.54 Å². The van der Waals surface area contributed by atoms with Crippen LogP contribution in [0.5, 0.6) is 5.75 Å². The van der Waals surface area contributed by atoms with Gasteiger partial charge in [0.1, 0.15) is 5.75 Å². The van der Waals surface area contributed by atoms with Gasteiger partial charge in [0, 0.05) is 24.7 Å². The number of phenols is 1. The summed E-state index contributed by atoms with van der Waals surface area (Å²) in [4.78, 5) is 18.9. The molecule has 0 saturated heterocycles. The second-order valence-electron chi connectivity index (χ2n) is 6.69. The number of phenolic OH excluding ortho intramolecular Hbond substituents is 1. The van der Waals surface area contributed by atoms with Gasteiger partial charge in [-0.1, -0.05) is 24.3 Å². The van der Waals surface area contributed by atoms with Gasteiger partial charge in [0.05, 0.1) is 17.7 Å². The molecule has 3 aromatic rings. The molecule has 2 heterocycles. The van der Waals surface area contributed by atoms with Gasteiger partial charge in [-0.3, -0.25) is 14.7 Å². The fourth-order valence-electron chi connectivity index (χ4n) is 3.40. The number of pyridine rings is 1. The van der Waals surface area contributed by atoms with E-state index < -0.39 is 0 Å². The Bertz CT molecular complexity index is 991. The third-order valence-corrected chi connectivity index (χ3v) is 4.82. The normalized spacial score (nSPS) is 14.7. The number of anilines is 1. The van der Waals surface area contributed by atoms with Crippen molar-refractivity contribution in [2.24, 2.45) is 0 Å². The molecule has 2 aromatic carbocycles. The number of aromatic nitrogens is 1. The Morgan fingerprint density at radius 2 is 1.96 bits per heavy atom. The number of nitrogens with one attached hydrogen (secondary N) is 1. The van der Waals surface area contributed by atoms with E-state index in [2.05, 4.69) is 21.3 Å². The van der Waals surface area contributed by atoms with E-state index in [9.17, 15) is 9.90 Å². The number of hydrogen-bond acceptors (Lipinski definition) is 4. The van der Waals surface area contributed by atoms with Crippen LogP contribution in [0, 0.1) is 0 Å². The van der Waals surface area contributed by atoms with Crippen LogP contribution >= 0.6 is 0 Å². The molecule has 0 spiro atoms. The number of benzene rings is 2. The van der Waals surface area contributed by atoms with Crippen molar-refractivity contribution in [2.45, 2.75) is 6.42 Å². The largest absolute Gasteiger partial charge is 0.508 e. The molecular formula is C22H21N3O2. The van der Waals surface area contributed by atoms with Crippen LogP contribution in [-0.4, -0.2) is 40.5 Å². The smallest absolute Gasteiger partial charge is 0.238 e. The van der Waals surface area contributed by atoms with Crippen molar-refractivity contribution < 1.29 is 9.90 Å². The van der Waals surface area contributed by atoms with Gasteiger partial charge >= 0.3 is 0 Å². The summed E-state index contributed by atoms with van der Waals surface area (Å²) in [5, 5.41) is 13.4. The average molecular weight is 359 g/mol. The number of carbonyl (C=O) groups excluding carboxylic acids is 1. The molecule has 4 rings (SSSR count). The summed E-state index contributed by atoms with van der Waals surface area (Å²) in [5.41, 5.74) is 4.05. The van der Waals surface area contributed by atoms with Gasteiger partial charge in [-0.2, -0.15) is 0 Å². The van der Waals surface area contributed by atoms with E-state index in [0.717, 1.165) is 41.7 Å². The van der Waals surface area contributed by atoms with Crippen LogP contribution in [0.1, 0.15) is 12.0 Å². The molecule has 1 amide bonds. The van der Waals surface area contributed by atoms with Gasteiger partial charge in [-0.15, -0.1) is 0 Å². The Kier molecular flexibility index (Phi) is 4.85. The van der Waals surface area contributed by atoms with Crippen molar-refractivity contribution in [1.29, 1.82) is 0 Å². The standard InChI is InChI=1S/C22H21N3O2/c26-18-8-6-16(7-9-18)17-10-13-25(14-11-17)15-22(27)24-21-5-1-4-20-19(21)3-2-12-23-20/h1-10,12,26H,11,13-15H2,(H,24,27). The molecule has 2 N–H and O–H groups in total. The summed E-state index contributed by atoms with van der Waals surface area (Å²) in [6.45, 7) is 1.92. The minimum absolute atomic E-state index is 0.0205. The molecule has 0 fully saturated rings. The van der Waals surface area contributed by atoms with E-state index in [1.807, 2.05) is 42.5 Å². The summed E-state index contributed by atoms with van der Waals surface area (Å²) in [6, 6.07) is 16.8. The maximum atomic E-state index is 12.5. The third kappa shape index (κ3) is 3.99. The van der Waals surface area contributed by atoms with Crippen molar-refractivity contribution in [3.05, 3.63) is 72.4 Å². The van der Waals surface area contributed by atoms with Gasteiger partial charge in [0.15, 0.2) is 0 Å². The Balaban J connectivity index is 1.38. The third-order valence-electron chi connectivity index (χ3n) is 4.82. The SMILES string of the molecule is O=C(CN1CC=C(c2ccc(O)cc2)CC1)Nc1cccc2ncccc12. The number of carbonyl (C=O) groups is 1. The maximum Gasteiger partial charge on any atom is 0.238 e. The zero-order valence-electron chi connectivity index (χ0n) is 14.9. The van der Waals surface area contributed by atoms with Gasteiger partial charge in [-0.05, 0) is 54.0 Å². The highest BCUT2D eigenvalue weighted by atomic mass is 16.3. The molecule has 0 radical (unpaired) electrons. The molecule has 0 atom stereocenters. The van der Waals surface area contributed by atoms with Crippen LogP contribution in [0.2, 0.25) is 0 Å². The van der Waals surface area contributed by atoms with Crippen molar-refractivity contribution in [3.8, 4) is 5.75 Å². The molecule has 5 heteroatoms. The molecule has 136 valence electrons. The highest BCUT2D eigenvalue weighted by Gasteiger charge is 2.16. The van der Waals surface area contributed by atoms with Crippen LogP contribution < -0.4 is 5.32 Å². The monoisotopic (exact) mass is 359 g/mol. The first-order valence-electron chi connectivity index (χ1n) is 9.03. The summed E-state index contributed by atoms with van der Waals surface area (Å²) >= 11 is 0. The molecule has 0 saturated carbocycles. The first-order chi connectivity index (χ1) is 13.2. The Morgan fingerprint density at radius 1 is 1.11 bits per heavy atom. The van der Waals surface area contributed by atoms with Crippen LogP contribution in [0.25, 0.3) is 16.5 Å². The highest BCUT2D eigenvalue weighted by Crippen LogP contribution is 2.24. The molecule has 0 unspecified atom stereocenters. The highest BCUT2D eigenvalue weighted by molar-refractivity contribution is 6.01. The van der Waals surface area contributed by atoms with Gasteiger partial charge in [0.25, 0.3) is 0 Å².